The van der Waals surface area contributed by atoms with Gasteiger partial charge in [-0.05, 0) is 127 Å². The van der Waals surface area contributed by atoms with Gasteiger partial charge in [-0.25, -0.2) is 0 Å². The van der Waals surface area contributed by atoms with Crippen LogP contribution in [0.3, 0.4) is 0 Å². The van der Waals surface area contributed by atoms with Crippen molar-refractivity contribution in [2.24, 2.45) is 17.8 Å². The van der Waals surface area contributed by atoms with Crippen molar-refractivity contribution >= 4 is 65.0 Å². The smallest absolute Gasteiger partial charge is 0.248 e. The topological polar surface area (TPSA) is 312 Å². The van der Waals surface area contributed by atoms with Gasteiger partial charge in [0, 0.05) is 74.8 Å². The van der Waals surface area contributed by atoms with Crippen molar-refractivity contribution in [1.29, 1.82) is 0 Å². The Morgan fingerprint density at radius 2 is 0.962 bits per heavy atom. The van der Waals surface area contributed by atoms with Crippen LogP contribution in [0.2, 0.25) is 0 Å². The Morgan fingerprint density at radius 1 is 0.505 bits per heavy atom. The number of likely N-dealkylation sites (N-methyl/N-ethyl adjacent to an activating group) is 6. The van der Waals surface area contributed by atoms with Crippen molar-refractivity contribution in [2.45, 2.75) is 238 Å². The maximum absolute atomic E-state index is 15.6. The Balaban J connectivity index is 1.52. The number of nitrogens with zero attached hydrogens (tertiary/aromatic N) is 8. The molecular weight excluding hydrogens is 1340 g/mol. The summed E-state index contributed by atoms with van der Waals surface area (Å²) >= 11 is 0. The zero-order valence-electron chi connectivity index (χ0n) is 65.1. The molecule has 105 heavy (non-hydrogen) atoms. The molecule has 13 atom stereocenters. The van der Waals surface area contributed by atoms with Crippen LogP contribution >= 0.6 is 0 Å². The quantitative estimate of drug-likeness (QED) is 0.117. The van der Waals surface area contributed by atoms with Gasteiger partial charge in [-0.2, -0.15) is 0 Å². The van der Waals surface area contributed by atoms with Gasteiger partial charge in [0.05, 0.1) is 36.8 Å². The summed E-state index contributed by atoms with van der Waals surface area (Å²) in [5.74, 6) is -8.29. The number of aliphatic hydroxyl groups excluding tert-OH is 2. The minimum atomic E-state index is -1.72. The van der Waals surface area contributed by atoms with E-state index in [1.54, 1.807) is 98.5 Å². The number of carbonyl (C=O) groups is 11. The fourth-order valence-electron chi connectivity index (χ4n) is 14.0. The van der Waals surface area contributed by atoms with E-state index >= 15 is 47.9 Å². The first kappa shape index (κ1) is 85.6. The average molecular weight is 1460 g/mol. The summed E-state index contributed by atoms with van der Waals surface area (Å²) in [5, 5.41) is 36.0. The Bertz CT molecular complexity index is 3400. The number of carbonyl (C=O) groups excluding carboxylic acids is 11. The second-order valence-electron chi connectivity index (χ2n) is 31.2. The van der Waals surface area contributed by atoms with E-state index in [4.69, 9.17) is 4.74 Å². The number of nitrogens with one attached hydrogen (secondary N) is 4. The lowest BCUT2D eigenvalue weighted by Gasteiger charge is -2.39. The largest absolute Gasteiger partial charge is 0.391 e. The van der Waals surface area contributed by atoms with Crippen LogP contribution in [0.4, 0.5) is 0 Å². The number of ether oxygens (including phenoxy) is 1. The van der Waals surface area contributed by atoms with Crippen LogP contribution in [0.5, 0.6) is 0 Å². The van der Waals surface area contributed by atoms with E-state index in [1.165, 1.54) is 85.5 Å². The molecule has 11 amide bonds. The number of likely N-dealkylation sites (tertiary alicyclic amines) is 1. The Kier molecular flexibility index (Phi) is 32.1. The van der Waals surface area contributed by atoms with Crippen molar-refractivity contribution in [3.63, 3.8) is 0 Å². The molecule has 26 heteroatoms. The summed E-state index contributed by atoms with van der Waals surface area (Å²) in [6.45, 7) is 19.8. The molecular formula is C79H120N12O14. The van der Waals surface area contributed by atoms with E-state index in [1.807, 2.05) is 59.7 Å². The summed E-state index contributed by atoms with van der Waals surface area (Å²) in [6.07, 6.45) is -0.958. The third kappa shape index (κ3) is 23.8. The van der Waals surface area contributed by atoms with Gasteiger partial charge >= 0.3 is 0 Å². The van der Waals surface area contributed by atoms with E-state index in [0.717, 1.165) is 11.3 Å². The number of rotatable bonds is 16. The Morgan fingerprint density at radius 3 is 1.47 bits per heavy atom. The zero-order chi connectivity index (χ0) is 77.9. The number of amides is 11. The SMILES string of the molecule is CC(C)C[C@@H]1NC(O)[C@H](Cc2ccccc2)N(C)C(=O)[C@H](COC(C)(C)C)NC(=O)[C@H](Cc2ccccc2)N(C)C(=O)[C@H](C)N(C)C(=O)[C@H](CC(C)C)N(C)C(=O)[C@@H]2CCCN2C(=O)C[C@@H](C(=O)N2CCCCC2)NC(=O)[C@H](Cc2ccccc2)N(C)C(=O)[C@H]([C@@H](C)O)NC(=O)[C@H](CC(C)C)N(C)C1=O. The molecule has 3 aromatic rings. The lowest BCUT2D eigenvalue weighted by molar-refractivity contribution is -0.154. The fraction of sp³-hybridized carbons (Fsp3) is 0.633. The average Bonchev–Trinajstić information content (AvgIpc) is 1.74. The van der Waals surface area contributed by atoms with Crippen molar-refractivity contribution in [1.82, 2.24) is 60.5 Å². The van der Waals surface area contributed by atoms with E-state index < -0.39 is 156 Å². The number of piperidine rings is 1. The van der Waals surface area contributed by atoms with Crippen LogP contribution in [0.25, 0.3) is 0 Å². The second kappa shape index (κ2) is 39.3. The highest BCUT2D eigenvalue weighted by Gasteiger charge is 2.46. The highest BCUT2D eigenvalue weighted by molar-refractivity contribution is 5.99. The zero-order valence-corrected chi connectivity index (χ0v) is 65.1. The van der Waals surface area contributed by atoms with Crippen LogP contribution in [0.15, 0.2) is 91.0 Å². The van der Waals surface area contributed by atoms with Crippen molar-refractivity contribution in [2.75, 3.05) is 68.5 Å². The van der Waals surface area contributed by atoms with Gasteiger partial charge in [0.15, 0.2) is 0 Å². The van der Waals surface area contributed by atoms with E-state index in [-0.39, 0.29) is 75.9 Å². The number of aliphatic hydroxyl groups is 2. The van der Waals surface area contributed by atoms with E-state index in [0.29, 0.717) is 49.0 Å². The third-order valence-electron chi connectivity index (χ3n) is 20.4. The molecule has 580 valence electrons. The van der Waals surface area contributed by atoms with E-state index in [2.05, 4.69) is 21.3 Å². The van der Waals surface area contributed by atoms with Gasteiger partial charge in [-0.3, -0.25) is 58.1 Å². The number of fused-ring (bicyclic) bond motifs is 1. The number of hydrogen-bond donors (Lipinski definition) is 6. The molecule has 0 aromatic heterocycles. The molecule has 3 fully saturated rings. The second-order valence-corrected chi connectivity index (χ2v) is 31.2. The monoisotopic (exact) mass is 1460 g/mol. The predicted molar refractivity (Wildman–Crippen MR) is 400 cm³/mol. The highest BCUT2D eigenvalue weighted by atomic mass is 16.5. The highest BCUT2D eigenvalue weighted by Crippen LogP contribution is 2.27. The molecule has 0 radical (unpaired) electrons. The number of hydrogen-bond acceptors (Lipinski definition) is 15. The summed E-state index contributed by atoms with van der Waals surface area (Å²) in [4.78, 5) is 178. The molecule has 1 unspecified atom stereocenters. The fourth-order valence-corrected chi connectivity index (χ4v) is 14.0. The number of benzene rings is 3. The minimum Gasteiger partial charge on any atom is -0.391 e. The summed E-state index contributed by atoms with van der Waals surface area (Å²) < 4.78 is 6.28. The third-order valence-corrected chi connectivity index (χ3v) is 20.4. The molecule has 3 saturated heterocycles. The summed E-state index contributed by atoms with van der Waals surface area (Å²) in [5.41, 5.74) is 1.10. The Labute approximate surface area is 622 Å². The van der Waals surface area contributed by atoms with Gasteiger partial charge in [-0.15, -0.1) is 0 Å². The first-order valence-corrected chi connectivity index (χ1v) is 37.4. The lowest BCUT2D eigenvalue weighted by atomic mass is 9.97. The molecule has 3 aromatic carbocycles. The first-order chi connectivity index (χ1) is 49.4. The van der Waals surface area contributed by atoms with Crippen LogP contribution in [-0.4, -0.2) is 267 Å². The molecule has 3 aliphatic heterocycles. The predicted octanol–water partition coefficient (Wildman–Crippen LogP) is 4.17. The van der Waals surface area contributed by atoms with Gasteiger partial charge < -0.3 is 70.1 Å². The molecule has 0 bridgehead atoms. The van der Waals surface area contributed by atoms with Crippen molar-refractivity contribution < 1.29 is 67.7 Å². The molecule has 0 saturated carbocycles. The van der Waals surface area contributed by atoms with Crippen LogP contribution in [0.1, 0.15) is 151 Å². The minimum absolute atomic E-state index is 0.0158. The molecule has 6 N–H and O–H groups in total. The molecule has 3 aliphatic rings. The maximum atomic E-state index is 15.6. The van der Waals surface area contributed by atoms with Gasteiger partial charge in [-0.1, -0.05) is 133 Å². The maximum Gasteiger partial charge on any atom is 0.248 e. The Hall–Kier alpha value is -8.33. The lowest BCUT2D eigenvalue weighted by Crippen LogP contribution is -2.63. The van der Waals surface area contributed by atoms with Gasteiger partial charge in [0.25, 0.3) is 0 Å². The molecule has 6 rings (SSSR count). The molecule has 3 heterocycles. The summed E-state index contributed by atoms with van der Waals surface area (Å²) in [7, 11) is 8.59. The molecule has 26 nitrogen and oxygen atoms in total. The molecule has 0 aliphatic carbocycles. The first-order valence-electron chi connectivity index (χ1n) is 37.4. The van der Waals surface area contributed by atoms with Crippen molar-refractivity contribution in [3.05, 3.63) is 108 Å². The van der Waals surface area contributed by atoms with Crippen LogP contribution in [0, 0.1) is 17.8 Å². The van der Waals surface area contributed by atoms with Crippen molar-refractivity contribution in [3.8, 4) is 0 Å². The van der Waals surface area contributed by atoms with Gasteiger partial charge in [0.1, 0.15) is 60.6 Å². The van der Waals surface area contributed by atoms with E-state index in [9.17, 15) is 15.0 Å². The van der Waals surface area contributed by atoms with Crippen LogP contribution < -0.4 is 21.3 Å². The molecule has 0 spiro atoms. The normalized spacial score (nSPS) is 26.5. The summed E-state index contributed by atoms with van der Waals surface area (Å²) in [6, 6.07) is 12.1. The standard InChI is InChI=1S/C79H120N12O14/c1-49(2)41-57-73(99)86(14)61(42-50(3)4)71(97)83-67(53(8)92)78(104)88(16)64(46-56-35-26-20-27-36-56)69(95)81-58(75(101)90-38-28-21-29-39-90)47-66(93)91-40-30-37-60(91)76(102)89(17)65(43-51(5)6)77(103)84(12)52(7)72(98)85(13)62(44-54-31-22-18-23-32-54)70(96)82-59(48-105-79(9,10)11)74(100)87(15)63(68(94)80-57)45-55-33-24-19-25-34-55/h18-20,22-27,31-36,49-53,57-65,67-68,80,92,94H,21,28-30,37-48H2,1-17H3,(H,81,95)(H,82,96)(H,83,97)/t52-,53+,57-,58-,59-,60-,61-,62-,63-,64-,65-,67-,68?/m0/s1. The van der Waals surface area contributed by atoms with Gasteiger partial charge in [0.2, 0.25) is 65.0 Å². The van der Waals surface area contributed by atoms with Crippen LogP contribution in [-0.2, 0) is 76.7 Å².